The first kappa shape index (κ1) is 11.5. The van der Waals surface area contributed by atoms with Gasteiger partial charge in [-0.2, -0.15) is 4.98 Å². The molecule has 1 aliphatic carbocycles. The lowest BCUT2D eigenvalue weighted by Crippen LogP contribution is -2.33. The highest BCUT2D eigenvalue weighted by molar-refractivity contribution is 5.44. The second-order valence-corrected chi connectivity index (χ2v) is 5.23. The summed E-state index contributed by atoms with van der Waals surface area (Å²) in [5, 5.41) is 17.7. The van der Waals surface area contributed by atoms with Gasteiger partial charge < -0.3 is 10.4 Å². The summed E-state index contributed by atoms with van der Waals surface area (Å²) in [4.78, 5) is 4.38. The number of nitrogens with one attached hydrogen (secondary N) is 1. The van der Waals surface area contributed by atoms with Gasteiger partial charge in [0, 0.05) is 12.7 Å². The number of rotatable bonds is 3. The molecule has 0 bridgehead atoms. The second kappa shape index (κ2) is 4.24. The summed E-state index contributed by atoms with van der Waals surface area (Å²) in [6.45, 7) is 2.55. The van der Waals surface area contributed by atoms with Gasteiger partial charge in [-0.15, -0.1) is 5.10 Å². The molecule has 0 atom stereocenters. The standard InChI is InChI=1S/C13H18N4O/c1-10-4-5-11-15-12(16-17(11)8-10)14-9-13(18)6-2-3-7-13/h4-5,8,18H,2-3,6-7,9H2,1H3,(H,14,16). The summed E-state index contributed by atoms with van der Waals surface area (Å²) in [5.41, 5.74) is 1.39. The molecule has 1 saturated carbocycles. The van der Waals surface area contributed by atoms with Crippen molar-refractivity contribution in [3.63, 3.8) is 0 Å². The van der Waals surface area contributed by atoms with Crippen LogP contribution < -0.4 is 5.32 Å². The van der Waals surface area contributed by atoms with Crippen molar-refractivity contribution in [1.82, 2.24) is 14.6 Å². The summed E-state index contributed by atoms with van der Waals surface area (Å²) < 4.78 is 1.76. The van der Waals surface area contributed by atoms with Gasteiger partial charge in [0.05, 0.1) is 5.60 Å². The molecule has 1 fully saturated rings. The molecule has 0 unspecified atom stereocenters. The third-order valence-corrected chi connectivity index (χ3v) is 3.59. The highest BCUT2D eigenvalue weighted by atomic mass is 16.3. The van der Waals surface area contributed by atoms with Crippen LogP contribution in [0.5, 0.6) is 0 Å². The van der Waals surface area contributed by atoms with Crippen LogP contribution in [0, 0.1) is 6.92 Å². The summed E-state index contributed by atoms with van der Waals surface area (Å²) >= 11 is 0. The quantitative estimate of drug-likeness (QED) is 0.866. The molecule has 0 radical (unpaired) electrons. The molecule has 0 aromatic carbocycles. The Bertz CT molecular complexity index is 557. The molecule has 96 valence electrons. The highest BCUT2D eigenvalue weighted by Gasteiger charge is 2.30. The zero-order chi connectivity index (χ0) is 12.6. The van der Waals surface area contributed by atoms with Crippen LogP contribution in [0.3, 0.4) is 0 Å². The van der Waals surface area contributed by atoms with Gasteiger partial charge in [-0.3, -0.25) is 0 Å². The van der Waals surface area contributed by atoms with Crippen LogP contribution in [0.4, 0.5) is 5.95 Å². The van der Waals surface area contributed by atoms with E-state index in [1.54, 1.807) is 4.52 Å². The summed E-state index contributed by atoms with van der Waals surface area (Å²) in [6.07, 6.45) is 5.89. The Morgan fingerprint density at radius 2 is 2.17 bits per heavy atom. The van der Waals surface area contributed by atoms with Crippen molar-refractivity contribution < 1.29 is 5.11 Å². The van der Waals surface area contributed by atoms with Gasteiger partial charge in [0.25, 0.3) is 0 Å². The third-order valence-electron chi connectivity index (χ3n) is 3.59. The first-order valence-electron chi connectivity index (χ1n) is 6.44. The van der Waals surface area contributed by atoms with Crippen molar-refractivity contribution in [1.29, 1.82) is 0 Å². The molecule has 0 spiro atoms. The van der Waals surface area contributed by atoms with Gasteiger partial charge in [-0.25, -0.2) is 4.52 Å². The molecule has 2 heterocycles. The summed E-state index contributed by atoms with van der Waals surface area (Å²) in [5.74, 6) is 0.584. The molecule has 0 saturated heterocycles. The van der Waals surface area contributed by atoms with Gasteiger partial charge >= 0.3 is 0 Å². The number of fused-ring (bicyclic) bond motifs is 1. The number of nitrogens with zero attached hydrogens (tertiary/aromatic N) is 3. The molecule has 0 aliphatic heterocycles. The SMILES string of the molecule is Cc1ccc2nc(NCC3(O)CCCC3)nn2c1. The fraction of sp³-hybridized carbons (Fsp3) is 0.538. The highest BCUT2D eigenvalue weighted by Crippen LogP contribution is 2.29. The third kappa shape index (κ3) is 2.18. The normalized spacial score (nSPS) is 18.3. The van der Waals surface area contributed by atoms with Gasteiger partial charge in [0.2, 0.25) is 5.95 Å². The lowest BCUT2D eigenvalue weighted by molar-refractivity contribution is 0.0613. The van der Waals surface area contributed by atoms with E-state index in [1.165, 1.54) is 0 Å². The van der Waals surface area contributed by atoms with Crippen LogP contribution in [0.1, 0.15) is 31.2 Å². The van der Waals surface area contributed by atoms with E-state index in [4.69, 9.17) is 0 Å². The number of pyridine rings is 1. The number of aromatic nitrogens is 3. The van der Waals surface area contributed by atoms with Crippen molar-refractivity contribution in [2.24, 2.45) is 0 Å². The van der Waals surface area contributed by atoms with Crippen molar-refractivity contribution in [3.05, 3.63) is 23.9 Å². The van der Waals surface area contributed by atoms with Crippen LogP contribution in [0.15, 0.2) is 18.3 Å². The van der Waals surface area contributed by atoms with Crippen molar-refractivity contribution in [3.8, 4) is 0 Å². The molecule has 1 aliphatic rings. The molecule has 5 heteroatoms. The Morgan fingerprint density at radius 3 is 2.94 bits per heavy atom. The average molecular weight is 246 g/mol. The van der Waals surface area contributed by atoms with E-state index >= 15 is 0 Å². The Labute approximate surface area is 106 Å². The second-order valence-electron chi connectivity index (χ2n) is 5.23. The zero-order valence-electron chi connectivity index (χ0n) is 10.6. The van der Waals surface area contributed by atoms with E-state index in [0.29, 0.717) is 12.5 Å². The number of anilines is 1. The van der Waals surface area contributed by atoms with Crippen LogP contribution >= 0.6 is 0 Å². The molecule has 2 N–H and O–H groups in total. The first-order chi connectivity index (χ1) is 8.65. The van der Waals surface area contributed by atoms with Gasteiger partial charge in [0.15, 0.2) is 5.65 Å². The number of aliphatic hydroxyl groups is 1. The number of hydrogen-bond acceptors (Lipinski definition) is 4. The molecule has 0 amide bonds. The van der Waals surface area contributed by atoms with Crippen molar-refractivity contribution >= 4 is 11.6 Å². The monoisotopic (exact) mass is 246 g/mol. The van der Waals surface area contributed by atoms with Crippen LogP contribution in [0.25, 0.3) is 5.65 Å². The molecule has 18 heavy (non-hydrogen) atoms. The van der Waals surface area contributed by atoms with E-state index < -0.39 is 5.60 Å². The van der Waals surface area contributed by atoms with Gasteiger partial charge in [-0.1, -0.05) is 18.9 Å². The minimum atomic E-state index is -0.576. The van der Waals surface area contributed by atoms with Gasteiger partial charge in [-0.05, 0) is 31.4 Å². The molecule has 2 aromatic rings. The Balaban J connectivity index is 1.74. The van der Waals surface area contributed by atoms with E-state index in [1.807, 2.05) is 25.3 Å². The minimum absolute atomic E-state index is 0.531. The predicted molar refractivity (Wildman–Crippen MR) is 69.6 cm³/mol. The fourth-order valence-electron chi connectivity index (χ4n) is 2.51. The Hall–Kier alpha value is -1.62. The molecule has 5 nitrogen and oxygen atoms in total. The summed E-state index contributed by atoms with van der Waals surface area (Å²) in [6, 6.07) is 3.95. The maximum absolute atomic E-state index is 10.2. The zero-order valence-corrected chi connectivity index (χ0v) is 10.6. The van der Waals surface area contributed by atoms with Crippen LogP contribution in [-0.4, -0.2) is 31.9 Å². The van der Waals surface area contributed by atoms with E-state index in [2.05, 4.69) is 15.4 Å². The lowest BCUT2D eigenvalue weighted by Gasteiger charge is -2.21. The average Bonchev–Trinajstić information content (AvgIpc) is 2.93. The number of hydrogen-bond donors (Lipinski definition) is 2. The van der Waals surface area contributed by atoms with E-state index in [0.717, 1.165) is 36.9 Å². The molecular weight excluding hydrogens is 228 g/mol. The Kier molecular flexibility index (Phi) is 2.70. The van der Waals surface area contributed by atoms with E-state index in [9.17, 15) is 5.11 Å². The van der Waals surface area contributed by atoms with E-state index in [-0.39, 0.29) is 0 Å². The molecule has 2 aromatic heterocycles. The van der Waals surface area contributed by atoms with Crippen molar-refractivity contribution in [2.45, 2.75) is 38.2 Å². The van der Waals surface area contributed by atoms with Gasteiger partial charge in [0.1, 0.15) is 0 Å². The minimum Gasteiger partial charge on any atom is -0.388 e. The fourth-order valence-corrected chi connectivity index (χ4v) is 2.51. The molecule has 3 rings (SSSR count). The first-order valence-corrected chi connectivity index (χ1v) is 6.44. The maximum Gasteiger partial charge on any atom is 0.243 e. The smallest absolute Gasteiger partial charge is 0.243 e. The predicted octanol–water partition coefficient (Wildman–Crippen LogP) is 1.75. The lowest BCUT2D eigenvalue weighted by atomic mass is 10.0. The van der Waals surface area contributed by atoms with Crippen molar-refractivity contribution in [2.75, 3.05) is 11.9 Å². The topological polar surface area (TPSA) is 62.5 Å². The molecular formula is C13H18N4O. The number of aryl methyl sites for hydroxylation is 1. The summed E-state index contributed by atoms with van der Waals surface area (Å²) in [7, 11) is 0. The largest absolute Gasteiger partial charge is 0.388 e. The maximum atomic E-state index is 10.2. The Morgan fingerprint density at radius 1 is 1.39 bits per heavy atom. The van der Waals surface area contributed by atoms with Crippen LogP contribution in [0.2, 0.25) is 0 Å². The van der Waals surface area contributed by atoms with Crippen LogP contribution in [-0.2, 0) is 0 Å².